The third-order valence-corrected chi connectivity index (χ3v) is 2.31. The summed E-state index contributed by atoms with van der Waals surface area (Å²) >= 11 is 0. The van der Waals surface area contributed by atoms with E-state index < -0.39 is 4.92 Å². The van der Waals surface area contributed by atoms with Crippen LogP contribution in [0.25, 0.3) is 0 Å². The molecule has 90 valence electrons. The molecule has 0 bridgehead atoms. The van der Waals surface area contributed by atoms with E-state index in [1.54, 1.807) is 12.1 Å². The zero-order chi connectivity index (χ0) is 13.1. The van der Waals surface area contributed by atoms with Gasteiger partial charge in [0.25, 0.3) is 5.69 Å². The van der Waals surface area contributed by atoms with Gasteiger partial charge in [-0.25, -0.2) is 0 Å². The number of nitro benzene ring substituents is 1. The molecule has 3 N–H and O–H groups in total. The Hall–Kier alpha value is -2.13. The first kappa shape index (κ1) is 12.9. The van der Waals surface area contributed by atoms with Crippen LogP contribution in [-0.4, -0.2) is 17.0 Å². The second kappa shape index (κ2) is 4.80. The summed E-state index contributed by atoms with van der Waals surface area (Å²) in [4.78, 5) is 10.2. The first-order valence-electron chi connectivity index (χ1n) is 5.06. The van der Waals surface area contributed by atoms with E-state index in [9.17, 15) is 10.1 Å². The Labute approximate surface area is 99.2 Å². The topological polar surface area (TPSA) is 105 Å². The number of rotatable bonds is 4. The number of hydrogen-bond acceptors (Lipinski definition) is 5. The molecule has 0 fully saturated rings. The highest BCUT2D eigenvalue weighted by Gasteiger charge is 2.18. The van der Waals surface area contributed by atoms with E-state index in [2.05, 4.69) is 5.32 Å². The minimum Gasteiger partial charge on any atom is -0.379 e. The molecule has 0 heterocycles. The summed E-state index contributed by atoms with van der Waals surface area (Å²) in [5.41, 5.74) is 5.62. The van der Waals surface area contributed by atoms with Gasteiger partial charge in [0.05, 0.1) is 4.92 Å². The Bertz CT molecular complexity index is 477. The Morgan fingerprint density at radius 1 is 1.59 bits per heavy atom. The van der Waals surface area contributed by atoms with Crippen molar-refractivity contribution in [1.29, 1.82) is 5.26 Å². The molecular weight excluding hydrogens is 220 g/mol. The highest BCUT2D eigenvalue weighted by molar-refractivity contribution is 5.59. The molecule has 0 aliphatic carbocycles. The third-order valence-electron chi connectivity index (χ3n) is 2.31. The van der Waals surface area contributed by atoms with Gasteiger partial charge in [0, 0.05) is 23.8 Å². The molecule has 1 aromatic carbocycles. The molecule has 0 saturated carbocycles. The van der Waals surface area contributed by atoms with Gasteiger partial charge in [-0.05, 0) is 26.0 Å². The van der Waals surface area contributed by atoms with Gasteiger partial charge < -0.3 is 11.1 Å². The van der Waals surface area contributed by atoms with Crippen LogP contribution in [0.3, 0.4) is 0 Å². The van der Waals surface area contributed by atoms with Crippen LogP contribution in [0.4, 0.5) is 11.4 Å². The van der Waals surface area contributed by atoms with Crippen LogP contribution in [-0.2, 0) is 0 Å². The molecule has 0 radical (unpaired) electrons. The average Bonchev–Trinajstić information content (AvgIpc) is 2.28. The van der Waals surface area contributed by atoms with Gasteiger partial charge in [-0.1, -0.05) is 0 Å². The van der Waals surface area contributed by atoms with Crippen molar-refractivity contribution >= 4 is 11.4 Å². The fourth-order valence-corrected chi connectivity index (χ4v) is 1.30. The first-order valence-corrected chi connectivity index (χ1v) is 5.06. The smallest absolute Gasteiger partial charge is 0.289 e. The van der Waals surface area contributed by atoms with Crippen LogP contribution >= 0.6 is 0 Å². The van der Waals surface area contributed by atoms with Crippen molar-refractivity contribution in [1.82, 2.24) is 0 Å². The molecule has 6 nitrogen and oxygen atoms in total. The summed E-state index contributed by atoms with van der Waals surface area (Å²) in [5.74, 6) is 0. The van der Waals surface area contributed by atoms with E-state index >= 15 is 0 Å². The van der Waals surface area contributed by atoms with E-state index in [1.165, 1.54) is 12.1 Å². The molecule has 1 rings (SSSR count). The summed E-state index contributed by atoms with van der Waals surface area (Å²) in [6.45, 7) is 4.16. The predicted molar refractivity (Wildman–Crippen MR) is 64.6 cm³/mol. The van der Waals surface area contributed by atoms with Gasteiger partial charge >= 0.3 is 0 Å². The summed E-state index contributed by atoms with van der Waals surface area (Å²) in [5, 5.41) is 22.6. The van der Waals surface area contributed by atoms with Crippen molar-refractivity contribution in [3.8, 4) is 6.07 Å². The van der Waals surface area contributed by atoms with Gasteiger partial charge in [-0.3, -0.25) is 10.1 Å². The molecule has 0 aliphatic heterocycles. The molecule has 0 unspecified atom stereocenters. The zero-order valence-corrected chi connectivity index (χ0v) is 9.73. The molecule has 0 aromatic heterocycles. The molecule has 0 atom stereocenters. The molecule has 1 aromatic rings. The average molecular weight is 234 g/mol. The standard InChI is InChI=1S/C11H14N4O2/c1-11(2,7-13)14-9-4-3-8(6-12)10(5-9)15(16)17/h3-5,14H,7,13H2,1-2H3. The van der Waals surface area contributed by atoms with Gasteiger partial charge in [-0.15, -0.1) is 0 Å². The minimum absolute atomic E-state index is 0.0473. The van der Waals surface area contributed by atoms with E-state index in [1.807, 2.05) is 13.8 Å². The maximum Gasteiger partial charge on any atom is 0.289 e. The third kappa shape index (κ3) is 3.16. The number of nitro groups is 1. The number of benzene rings is 1. The Kier molecular flexibility index (Phi) is 3.66. The molecular formula is C11H14N4O2. The van der Waals surface area contributed by atoms with Crippen molar-refractivity contribution in [2.45, 2.75) is 19.4 Å². The van der Waals surface area contributed by atoms with Crippen molar-refractivity contribution in [2.75, 3.05) is 11.9 Å². The predicted octanol–water partition coefficient (Wildman–Crippen LogP) is 1.62. The van der Waals surface area contributed by atoms with Gasteiger partial charge in [0.1, 0.15) is 11.6 Å². The summed E-state index contributed by atoms with van der Waals surface area (Å²) in [6, 6.07) is 6.18. The lowest BCUT2D eigenvalue weighted by molar-refractivity contribution is -0.385. The van der Waals surface area contributed by atoms with Crippen molar-refractivity contribution in [3.63, 3.8) is 0 Å². The number of nitrogens with one attached hydrogen (secondary N) is 1. The Morgan fingerprint density at radius 3 is 2.71 bits per heavy atom. The molecule has 0 aliphatic rings. The molecule has 0 amide bonds. The van der Waals surface area contributed by atoms with Crippen molar-refractivity contribution in [3.05, 3.63) is 33.9 Å². The van der Waals surface area contributed by atoms with Crippen LogP contribution in [0.2, 0.25) is 0 Å². The Morgan fingerprint density at radius 2 is 2.24 bits per heavy atom. The highest BCUT2D eigenvalue weighted by Crippen LogP contribution is 2.24. The number of anilines is 1. The van der Waals surface area contributed by atoms with Crippen LogP contribution in [0.5, 0.6) is 0 Å². The molecule has 6 heteroatoms. The summed E-state index contributed by atoms with van der Waals surface area (Å²) in [6.07, 6.45) is 0. The van der Waals surface area contributed by atoms with E-state index in [0.29, 0.717) is 12.2 Å². The number of nitrogens with zero attached hydrogens (tertiary/aromatic N) is 2. The van der Waals surface area contributed by atoms with E-state index in [0.717, 1.165) is 0 Å². The monoisotopic (exact) mass is 234 g/mol. The SMILES string of the molecule is CC(C)(CN)Nc1ccc(C#N)c([N+](=O)[O-])c1. The number of nitriles is 1. The van der Waals surface area contributed by atoms with Gasteiger partial charge in [0.2, 0.25) is 0 Å². The van der Waals surface area contributed by atoms with Crippen LogP contribution < -0.4 is 11.1 Å². The normalized spacial score (nSPS) is 10.7. The second-order valence-electron chi connectivity index (χ2n) is 4.31. The lowest BCUT2D eigenvalue weighted by atomic mass is 10.1. The zero-order valence-electron chi connectivity index (χ0n) is 9.73. The Balaban J connectivity index is 3.10. The summed E-state index contributed by atoms with van der Waals surface area (Å²) in [7, 11) is 0. The number of hydrogen-bond donors (Lipinski definition) is 2. The van der Waals surface area contributed by atoms with Gasteiger partial charge in [0.15, 0.2) is 0 Å². The highest BCUT2D eigenvalue weighted by atomic mass is 16.6. The molecule has 17 heavy (non-hydrogen) atoms. The maximum atomic E-state index is 10.8. The molecule has 0 spiro atoms. The fourth-order valence-electron chi connectivity index (χ4n) is 1.30. The lowest BCUT2D eigenvalue weighted by Gasteiger charge is -2.25. The maximum absolute atomic E-state index is 10.8. The van der Waals surface area contributed by atoms with Crippen LogP contribution in [0, 0.1) is 21.4 Å². The van der Waals surface area contributed by atoms with Crippen molar-refractivity contribution in [2.24, 2.45) is 5.73 Å². The fraction of sp³-hybridized carbons (Fsp3) is 0.364. The van der Waals surface area contributed by atoms with E-state index in [-0.39, 0.29) is 16.8 Å². The lowest BCUT2D eigenvalue weighted by Crippen LogP contribution is -2.39. The second-order valence-corrected chi connectivity index (χ2v) is 4.31. The van der Waals surface area contributed by atoms with Crippen molar-refractivity contribution < 1.29 is 4.92 Å². The quantitative estimate of drug-likeness (QED) is 0.608. The van der Waals surface area contributed by atoms with Crippen LogP contribution in [0.1, 0.15) is 19.4 Å². The van der Waals surface area contributed by atoms with Gasteiger partial charge in [-0.2, -0.15) is 5.26 Å². The minimum atomic E-state index is -0.570. The van der Waals surface area contributed by atoms with Crippen LogP contribution in [0.15, 0.2) is 18.2 Å². The number of nitrogens with two attached hydrogens (primary N) is 1. The molecule has 0 saturated heterocycles. The first-order chi connectivity index (χ1) is 7.89. The van der Waals surface area contributed by atoms with E-state index in [4.69, 9.17) is 11.0 Å². The summed E-state index contributed by atoms with van der Waals surface area (Å²) < 4.78 is 0. The largest absolute Gasteiger partial charge is 0.379 e.